The number of aliphatic hydroxyl groups is 1. The maximum absolute atomic E-state index is 9.84. The van der Waals surface area contributed by atoms with E-state index in [0.29, 0.717) is 0 Å². The minimum Gasteiger partial charge on any atom is -0.389 e. The van der Waals surface area contributed by atoms with Gasteiger partial charge in [-0.2, -0.15) is 0 Å². The van der Waals surface area contributed by atoms with Gasteiger partial charge in [0.05, 0.1) is 6.10 Å². The topological polar surface area (TPSA) is 20.2 Å². The third-order valence-corrected chi connectivity index (χ3v) is 4.51. The fraction of sp³-hybridized carbons (Fsp3) is 0.867. The number of allylic oxidation sites excluding steroid dienone is 1. The van der Waals surface area contributed by atoms with Gasteiger partial charge in [0.1, 0.15) is 0 Å². The lowest BCUT2D eigenvalue weighted by Gasteiger charge is -2.30. The van der Waals surface area contributed by atoms with E-state index in [9.17, 15) is 5.11 Å². The van der Waals surface area contributed by atoms with E-state index in [1.807, 2.05) is 0 Å². The molecule has 3 atom stereocenters. The summed E-state index contributed by atoms with van der Waals surface area (Å²) in [6.07, 6.45) is 13.7. The lowest BCUT2D eigenvalue weighted by molar-refractivity contribution is 0.209. The van der Waals surface area contributed by atoms with Gasteiger partial charge in [-0.1, -0.05) is 44.3 Å². The summed E-state index contributed by atoms with van der Waals surface area (Å²) in [5, 5.41) is 9.84. The molecule has 0 heterocycles. The molecule has 92 valence electrons. The molecular formula is C15H26O. The number of aliphatic hydroxyl groups excluding tert-OH is 1. The summed E-state index contributed by atoms with van der Waals surface area (Å²) in [6.45, 7) is 2.32. The Morgan fingerprint density at radius 1 is 1.19 bits per heavy atom. The Morgan fingerprint density at radius 2 is 2.06 bits per heavy atom. The maximum atomic E-state index is 9.84. The normalized spacial score (nSPS) is 36.6. The van der Waals surface area contributed by atoms with Crippen LogP contribution in [0.25, 0.3) is 0 Å². The second-order valence-corrected chi connectivity index (χ2v) is 5.69. The predicted octanol–water partition coefficient (Wildman–Crippen LogP) is 4.06. The molecule has 0 aromatic carbocycles. The van der Waals surface area contributed by atoms with Crippen LogP contribution in [0.5, 0.6) is 0 Å². The lowest BCUT2D eigenvalue weighted by Crippen LogP contribution is -2.17. The first-order chi connectivity index (χ1) is 7.79. The third kappa shape index (κ3) is 3.10. The smallest absolute Gasteiger partial charge is 0.0723 e. The number of hydrogen-bond donors (Lipinski definition) is 1. The van der Waals surface area contributed by atoms with Crippen molar-refractivity contribution in [2.45, 2.75) is 70.8 Å². The largest absolute Gasteiger partial charge is 0.389 e. The molecule has 2 aliphatic rings. The van der Waals surface area contributed by atoms with Gasteiger partial charge in [-0.3, -0.25) is 0 Å². The van der Waals surface area contributed by atoms with Crippen LogP contribution >= 0.6 is 0 Å². The van der Waals surface area contributed by atoms with Crippen molar-refractivity contribution >= 4 is 0 Å². The highest BCUT2D eigenvalue weighted by Gasteiger charge is 2.24. The Hall–Kier alpha value is -0.300. The van der Waals surface area contributed by atoms with Crippen LogP contribution in [0.4, 0.5) is 0 Å². The summed E-state index contributed by atoms with van der Waals surface area (Å²) < 4.78 is 0. The van der Waals surface area contributed by atoms with E-state index in [1.165, 1.54) is 51.4 Å². The van der Waals surface area contributed by atoms with Crippen LogP contribution in [0.2, 0.25) is 0 Å². The van der Waals surface area contributed by atoms with E-state index in [-0.39, 0.29) is 6.10 Å². The molecule has 1 saturated carbocycles. The lowest BCUT2D eigenvalue weighted by atomic mass is 9.76. The second kappa shape index (κ2) is 5.86. The molecule has 0 radical (unpaired) electrons. The molecule has 16 heavy (non-hydrogen) atoms. The van der Waals surface area contributed by atoms with Gasteiger partial charge >= 0.3 is 0 Å². The van der Waals surface area contributed by atoms with Gasteiger partial charge < -0.3 is 5.11 Å². The molecule has 0 aromatic heterocycles. The van der Waals surface area contributed by atoms with E-state index in [1.54, 1.807) is 5.57 Å². The summed E-state index contributed by atoms with van der Waals surface area (Å²) in [5.41, 5.74) is 1.59. The predicted molar refractivity (Wildman–Crippen MR) is 68.3 cm³/mol. The van der Waals surface area contributed by atoms with Gasteiger partial charge in [0.25, 0.3) is 0 Å². The van der Waals surface area contributed by atoms with Crippen molar-refractivity contribution in [3.63, 3.8) is 0 Å². The average molecular weight is 222 g/mol. The zero-order chi connectivity index (χ0) is 11.4. The Morgan fingerprint density at radius 3 is 2.88 bits per heavy atom. The van der Waals surface area contributed by atoms with Crippen molar-refractivity contribution in [1.82, 2.24) is 0 Å². The van der Waals surface area contributed by atoms with Gasteiger partial charge in [0, 0.05) is 0 Å². The van der Waals surface area contributed by atoms with Crippen LogP contribution in [0, 0.1) is 11.8 Å². The van der Waals surface area contributed by atoms with Crippen molar-refractivity contribution in [2.24, 2.45) is 11.8 Å². The molecule has 2 aliphatic carbocycles. The Balaban J connectivity index is 1.99. The monoisotopic (exact) mass is 222 g/mol. The minimum atomic E-state index is -0.153. The molecule has 0 aromatic rings. The SMILES string of the molecule is CCC1CCCC(C2=CC(O)CCCC2)C1. The molecule has 0 spiro atoms. The first kappa shape index (κ1) is 12.2. The van der Waals surface area contributed by atoms with Crippen LogP contribution in [0.3, 0.4) is 0 Å². The number of rotatable bonds is 2. The standard InChI is InChI=1S/C15H26O/c1-2-12-6-5-8-13(10-12)14-7-3-4-9-15(16)11-14/h11-13,15-16H,2-10H2,1H3. The Labute approximate surface area is 99.9 Å². The van der Waals surface area contributed by atoms with Gasteiger partial charge in [0.15, 0.2) is 0 Å². The van der Waals surface area contributed by atoms with Crippen LogP contribution in [-0.2, 0) is 0 Å². The molecule has 0 aliphatic heterocycles. The van der Waals surface area contributed by atoms with Gasteiger partial charge in [0.2, 0.25) is 0 Å². The molecule has 1 heteroatoms. The average Bonchev–Trinajstić information content (AvgIpc) is 2.54. The molecule has 0 bridgehead atoms. The molecule has 1 N–H and O–H groups in total. The highest BCUT2D eigenvalue weighted by Crippen LogP contribution is 2.38. The van der Waals surface area contributed by atoms with Gasteiger partial charge in [-0.15, -0.1) is 0 Å². The van der Waals surface area contributed by atoms with E-state index in [4.69, 9.17) is 0 Å². The van der Waals surface area contributed by atoms with Crippen LogP contribution < -0.4 is 0 Å². The fourth-order valence-electron chi connectivity index (χ4n) is 3.44. The van der Waals surface area contributed by atoms with E-state index < -0.39 is 0 Å². The van der Waals surface area contributed by atoms with Crippen LogP contribution in [0.1, 0.15) is 64.7 Å². The van der Waals surface area contributed by atoms with Crippen molar-refractivity contribution < 1.29 is 5.11 Å². The summed E-state index contributed by atoms with van der Waals surface area (Å²) in [7, 11) is 0. The molecule has 1 nitrogen and oxygen atoms in total. The first-order valence-electron chi connectivity index (χ1n) is 7.18. The maximum Gasteiger partial charge on any atom is 0.0723 e. The van der Waals surface area contributed by atoms with Crippen molar-refractivity contribution in [1.29, 1.82) is 0 Å². The van der Waals surface area contributed by atoms with E-state index >= 15 is 0 Å². The Kier molecular flexibility index (Phi) is 4.45. The Bertz CT molecular complexity index is 244. The summed E-state index contributed by atoms with van der Waals surface area (Å²) >= 11 is 0. The molecular weight excluding hydrogens is 196 g/mol. The van der Waals surface area contributed by atoms with E-state index in [2.05, 4.69) is 13.0 Å². The number of hydrogen-bond acceptors (Lipinski definition) is 1. The zero-order valence-corrected chi connectivity index (χ0v) is 10.6. The van der Waals surface area contributed by atoms with Gasteiger partial charge in [-0.25, -0.2) is 0 Å². The zero-order valence-electron chi connectivity index (χ0n) is 10.6. The minimum absolute atomic E-state index is 0.153. The summed E-state index contributed by atoms with van der Waals surface area (Å²) in [5.74, 6) is 1.74. The van der Waals surface area contributed by atoms with Crippen molar-refractivity contribution in [3.05, 3.63) is 11.6 Å². The molecule has 0 amide bonds. The molecule has 2 rings (SSSR count). The summed E-state index contributed by atoms with van der Waals surface area (Å²) in [6, 6.07) is 0. The second-order valence-electron chi connectivity index (χ2n) is 5.69. The molecule has 3 unspecified atom stereocenters. The quantitative estimate of drug-likeness (QED) is 0.698. The fourth-order valence-corrected chi connectivity index (χ4v) is 3.44. The van der Waals surface area contributed by atoms with Crippen molar-refractivity contribution in [2.75, 3.05) is 0 Å². The molecule has 0 saturated heterocycles. The summed E-state index contributed by atoms with van der Waals surface area (Å²) in [4.78, 5) is 0. The highest BCUT2D eigenvalue weighted by molar-refractivity contribution is 5.12. The van der Waals surface area contributed by atoms with Crippen molar-refractivity contribution in [3.8, 4) is 0 Å². The highest BCUT2D eigenvalue weighted by atomic mass is 16.3. The van der Waals surface area contributed by atoms with E-state index in [0.717, 1.165) is 18.3 Å². The molecule has 1 fully saturated rings. The van der Waals surface area contributed by atoms with Crippen LogP contribution in [-0.4, -0.2) is 11.2 Å². The van der Waals surface area contributed by atoms with Crippen LogP contribution in [0.15, 0.2) is 11.6 Å². The first-order valence-corrected chi connectivity index (χ1v) is 7.18. The van der Waals surface area contributed by atoms with Gasteiger partial charge in [-0.05, 0) is 43.9 Å². The third-order valence-electron chi connectivity index (χ3n) is 4.51.